The second kappa shape index (κ2) is 8.65. The predicted molar refractivity (Wildman–Crippen MR) is 109 cm³/mol. The van der Waals surface area contributed by atoms with Crippen molar-refractivity contribution in [3.8, 4) is 5.75 Å². The number of methoxy groups -OCH3 is 1. The Kier molecular flexibility index (Phi) is 6.22. The molecular weight excluding hydrogens is 392 g/mol. The number of hydrogen-bond donors (Lipinski definition) is 0. The maximum Gasteiger partial charge on any atom is 0.257 e. The summed E-state index contributed by atoms with van der Waals surface area (Å²) in [5.41, 5.74) is 0.827. The first-order chi connectivity index (χ1) is 13.8. The molecule has 7 nitrogen and oxygen atoms in total. The fraction of sp³-hybridized carbons (Fsp3) is 0.333. The van der Waals surface area contributed by atoms with Crippen LogP contribution in [0.2, 0.25) is 0 Å². The van der Waals surface area contributed by atoms with Gasteiger partial charge in [0.2, 0.25) is 0 Å². The van der Waals surface area contributed by atoms with Crippen molar-refractivity contribution >= 4 is 21.7 Å². The standard InChI is InChI=1S/C21H24N2O5S/c1-28-19-10-4-3-9-18(19)21(25)23-12-6-11-22(13-14-23)20(24)16-7-5-8-17(15-16)29(2,26)27/h3-5,7-10,15H,6,11-14H2,1-2H3. The minimum atomic E-state index is -3.39. The third-order valence-corrected chi connectivity index (χ3v) is 6.03. The third kappa shape index (κ3) is 4.76. The van der Waals surface area contributed by atoms with Crippen LogP contribution in [0.5, 0.6) is 5.75 Å². The zero-order valence-electron chi connectivity index (χ0n) is 16.5. The van der Waals surface area contributed by atoms with E-state index in [-0.39, 0.29) is 16.7 Å². The molecule has 1 saturated heterocycles. The summed E-state index contributed by atoms with van der Waals surface area (Å²) in [6, 6.07) is 13.1. The quantitative estimate of drug-likeness (QED) is 0.762. The zero-order valence-corrected chi connectivity index (χ0v) is 17.3. The number of para-hydroxylation sites is 1. The average Bonchev–Trinajstić information content (AvgIpc) is 2.98. The molecule has 2 aromatic rings. The molecule has 8 heteroatoms. The first-order valence-electron chi connectivity index (χ1n) is 9.33. The van der Waals surface area contributed by atoms with Gasteiger partial charge in [0.25, 0.3) is 11.8 Å². The monoisotopic (exact) mass is 416 g/mol. The van der Waals surface area contributed by atoms with Crippen molar-refractivity contribution in [1.82, 2.24) is 9.80 Å². The van der Waals surface area contributed by atoms with E-state index in [1.165, 1.54) is 19.2 Å². The van der Waals surface area contributed by atoms with Gasteiger partial charge in [0.15, 0.2) is 9.84 Å². The number of hydrogen-bond acceptors (Lipinski definition) is 5. The van der Waals surface area contributed by atoms with Crippen LogP contribution >= 0.6 is 0 Å². The molecule has 3 rings (SSSR count). The number of carbonyl (C=O) groups is 2. The van der Waals surface area contributed by atoms with Gasteiger partial charge in [-0.25, -0.2) is 8.42 Å². The van der Waals surface area contributed by atoms with Crippen molar-refractivity contribution in [2.24, 2.45) is 0 Å². The lowest BCUT2D eigenvalue weighted by Crippen LogP contribution is -2.37. The van der Waals surface area contributed by atoms with Gasteiger partial charge in [0.1, 0.15) is 5.75 Å². The van der Waals surface area contributed by atoms with E-state index in [2.05, 4.69) is 0 Å². The molecule has 1 aliphatic heterocycles. The molecule has 1 aliphatic rings. The average molecular weight is 416 g/mol. The number of sulfone groups is 1. The minimum Gasteiger partial charge on any atom is -0.496 e. The molecule has 0 bridgehead atoms. The molecule has 1 fully saturated rings. The second-order valence-electron chi connectivity index (χ2n) is 6.94. The van der Waals surface area contributed by atoms with Crippen molar-refractivity contribution in [1.29, 1.82) is 0 Å². The van der Waals surface area contributed by atoms with Crippen LogP contribution in [-0.2, 0) is 9.84 Å². The number of amides is 2. The molecule has 2 aromatic carbocycles. The van der Waals surface area contributed by atoms with Gasteiger partial charge in [0.05, 0.1) is 17.6 Å². The molecule has 0 radical (unpaired) electrons. The predicted octanol–water partition coefficient (Wildman–Crippen LogP) is 2.09. The van der Waals surface area contributed by atoms with Crippen molar-refractivity contribution in [3.63, 3.8) is 0 Å². The Morgan fingerprint density at radius 1 is 0.897 bits per heavy atom. The fourth-order valence-electron chi connectivity index (χ4n) is 3.36. The molecule has 0 atom stereocenters. The highest BCUT2D eigenvalue weighted by molar-refractivity contribution is 7.90. The first kappa shape index (κ1) is 20.9. The molecular formula is C21H24N2O5S. The Bertz CT molecular complexity index is 1020. The maximum atomic E-state index is 12.9. The lowest BCUT2D eigenvalue weighted by molar-refractivity contribution is 0.0716. The van der Waals surface area contributed by atoms with Crippen molar-refractivity contribution in [2.45, 2.75) is 11.3 Å². The van der Waals surface area contributed by atoms with Gasteiger partial charge in [0, 0.05) is 38.0 Å². The number of rotatable bonds is 4. The molecule has 0 aromatic heterocycles. The van der Waals surface area contributed by atoms with Crippen molar-refractivity contribution in [3.05, 3.63) is 59.7 Å². The van der Waals surface area contributed by atoms with Gasteiger partial charge < -0.3 is 14.5 Å². The first-order valence-corrected chi connectivity index (χ1v) is 11.2. The van der Waals surface area contributed by atoms with Crippen molar-refractivity contribution in [2.75, 3.05) is 39.5 Å². The highest BCUT2D eigenvalue weighted by Gasteiger charge is 2.25. The number of carbonyl (C=O) groups excluding carboxylic acids is 2. The number of benzene rings is 2. The molecule has 1 heterocycles. The Hall–Kier alpha value is -2.87. The van der Waals surface area contributed by atoms with Crippen LogP contribution in [0.15, 0.2) is 53.4 Å². The smallest absolute Gasteiger partial charge is 0.257 e. The molecule has 0 spiro atoms. The lowest BCUT2D eigenvalue weighted by Gasteiger charge is -2.23. The van der Waals surface area contributed by atoms with Crippen LogP contribution in [0.4, 0.5) is 0 Å². The Labute approximate surface area is 170 Å². The Morgan fingerprint density at radius 2 is 1.55 bits per heavy atom. The van der Waals surface area contributed by atoms with Gasteiger partial charge in [-0.1, -0.05) is 18.2 Å². The molecule has 0 unspecified atom stereocenters. The van der Waals surface area contributed by atoms with Crippen LogP contribution in [0, 0.1) is 0 Å². The minimum absolute atomic E-state index is 0.117. The molecule has 154 valence electrons. The SMILES string of the molecule is COc1ccccc1C(=O)N1CCCN(C(=O)c2cccc(S(C)(=O)=O)c2)CC1. The van der Waals surface area contributed by atoms with Crippen LogP contribution < -0.4 is 4.74 Å². The van der Waals surface area contributed by atoms with E-state index in [0.717, 1.165) is 6.26 Å². The van der Waals surface area contributed by atoms with Crippen molar-refractivity contribution < 1.29 is 22.7 Å². The fourth-order valence-corrected chi connectivity index (χ4v) is 4.02. The normalized spacial score (nSPS) is 15.0. The molecule has 0 aliphatic carbocycles. The topological polar surface area (TPSA) is 84.0 Å². The van der Waals surface area contributed by atoms with E-state index in [1.54, 1.807) is 40.1 Å². The van der Waals surface area contributed by atoms with E-state index in [1.807, 2.05) is 6.07 Å². The van der Waals surface area contributed by atoms with Crippen LogP contribution in [-0.4, -0.2) is 69.6 Å². The summed E-state index contributed by atoms with van der Waals surface area (Å²) in [4.78, 5) is 29.3. The maximum absolute atomic E-state index is 12.9. The van der Waals surface area contributed by atoms with E-state index in [9.17, 15) is 18.0 Å². The Morgan fingerprint density at radius 3 is 2.21 bits per heavy atom. The van der Waals surface area contributed by atoms with Crippen LogP contribution in [0.3, 0.4) is 0 Å². The summed E-state index contributed by atoms with van der Waals surface area (Å²) in [5.74, 6) is 0.158. The van der Waals surface area contributed by atoms with E-state index >= 15 is 0 Å². The van der Waals surface area contributed by atoms with E-state index < -0.39 is 9.84 Å². The van der Waals surface area contributed by atoms with Gasteiger partial charge in [-0.15, -0.1) is 0 Å². The van der Waals surface area contributed by atoms with Gasteiger partial charge >= 0.3 is 0 Å². The number of ether oxygens (including phenoxy) is 1. The highest BCUT2D eigenvalue weighted by Crippen LogP contribution is 2.21. The summed E-state index contributed by atoms with van der Waals surface area (Å²) >= 11 is 0. The van der Waals surface area contributed by atoms with Crippen LogP contribution in [0.1, 0.15) is 27.1 Å². The molecule has 29 heavy (non-hydrogen) atoms. The largest absolute Gasteiger partial charge is 0.496 e. The lowest BCUT2D eigenvalue weighted by atomic mass is 10.1. The zero-order chi connectivity index (χ0) is 21.0. The van der Waals surface area contributed by atoms with Crippen LogP contribution in [0.25, 0.3) is 0 Å². The highest BCUT2D eigenvalue weighted by atomic mass is 32.2. The van der Waals surface area contributed by atoms with E-state index in [0.29, 0.717) is 49.5 Å². The molecule has 2 amide bonds. The summed E-state index contributed by atoms with van der Waals surface area (Å²) in [7, 11) is -1.86. The summed E-state index contributed by atoms with van der Waals surface area (Å²) in [5, 5.41) is 0. The van der Waals surface area contributed by atoms with Gasteiger partial charge in [-0.3, -0.25) is 9.59 Å². The van der Waals surface area contributed by atoms with Gasteiger partial charge in [-0.2, -0.15) is 0 Å². The van der Waals surface area contributed by atoms with Gasteiger partial charge in [-0.05, 0) is 36.8 Å². The molecule has 0 N–H and O–H groups in total. The second-order valence-corrected chi connectivity index (χ2v) is 8.95. The summed E-state index contributed by atoms with van der Waals surface area (Å²) in [6.45, 7) is 1.80. The third-order valence-electron chi connectivity index (χ3n) is 4.92. The Balaban J connectivity index is 1.73. The molecule has 0 saturated carbocycles. The number of nitrogens with zero attached hydrogens (tertiary/aromatic N) is 2. The summed E-state index contributed by atoms with van der Waals surface area (Å²) in [6.07, 6.45) is 1.75. The summed E-state index contributed by atoms with van der Waals surface area (Å²) < 4.78 is 28.8. The van der Waals surface area contributed by atoms with E-state index in [4.69, 9.17) is 4.74 Å².